The quantitative estimate of drug-likeness (QED) is 0.383. The van der Waals surface area contributed by atoms with Gasteiger partial charge in [-0.25, -0.2) is 0 Å². The molecule has 2 N–H and O–H groups in total. The monoisotopic (exact) mass is 348 g/mol. The third-order valence-electron chi connectivity index (χ3n) is 5.83. The Morgan fingerprint density at radius 3 is 2.60 bits per heavy atom. The maximum Gasteiger partial charge on any atom is 0.222 e. The summed E-state index contributed by atoms with van der Waals surface area (Å²) < 4.78 is 0. The molecular formula is C20H36N4O. The zero-order valence-electron chi connectivity index (χ0n) is 15.9. The Kier molecular flexibility index (Phi) is 7.00. The summed E-state index contributed by atoms with van der Waals surface area (Å²) in [5.41, 5.74) is 0. The van der Waals surface area contributed by atoms with Gasteiger partial charge < -0.3 is 15.5 Å². The van der Waals surface area contributed by atoms with Crippen LogP contribution in [0.2, 0.25) is 0 Å². The first-order chi connectivity index (χ1) is 12.3. The van der Waals surface area contributed by atoms with Crippen LogP contribution < -0.4 is 10.6 Å². The topological polar surface area (TPSA) is 56.7 Å². The first-order valence-corrected chi connectivity index (χ1v) is 10.6. The number of hydrogen-bond acceptors (Lipinski definition) is 2. The van der Waals surface area contributed by atoms with Crippen LogP contribution in [0, 0.1) is 17.8 Å². The normalized spacial score (nSPS) is 22.2. The van der Waals surface area contributed by atoms with E-state index in [2.05, 4.69) is 22.5 Å². The highest BCUT2D eigenvalue weighted by Gasteiger charge is 2.41. The Labute approximate surface area is 153 Å². The van der Waals surface area contributed by atoms with E-state index in [1.54, 1.807) is 0 Å². The highest BCUT2D eigenvalue weighted by Crippen LogP contribution is 2.49. The van der Waals surface area contributed by atoms with E-state index in [0.717, 1.165) is 82.1 Å². The molecule has 0 aromatic rings. The van der Waals surface area contributed by atoms with E-state index in [4.69, 9.17) is 4.99 Å². The van der Waals surface area contributed by atoms with Crippen LogP contribution in [0.3, 0.4) is 0 Å². The van der Waals surface area contributed by atoms with Crippen molar-refractivity contribution < 1.29 is 4.79 Å². The lowest BCUT2D eigenvalue weighted by Crippen LogP contribution is -2.40. The summed E-state index contributed by atoms with van der Waals surface area (Å²) in [6.07, 6.45) is 10.8. The van der Waals surface area contributed by atoms with Crippen molar-refractivity contribution in [2.45, 2.75) is 64.7 Å². The van der Waals surface area contributed by atoms with Crippen LogP contribution in [0.4, 0.5) is 0 Å². The first kappa shape index (κ1) is 18.5. The zero-order valence-corrected chi connectivity index (χ0v) is 15.9. The van der Waals surface area contributed by atoms with Crippen molar-refractivity contribution in [2.75, 3.05) is 32.7 Å². The molecule has 0 aromatic heterocycles. The van der Waals surface area contributed by atoms with Gasteiger partial charge in [-0.15, -0.1) is 0 Å². The van der Waals surface area contributed by atoms with Crippen molar-refractivity contribution in [3.63, 3.8) is 0 Å². The Balaban J connectivity index is 1.38. The highest BCUT2D eigenvalue weighted by atomic mass is 16.2. The average molecular weight is 349 g/mol. The third kappa shape index (κ3) is 6.19. The van der Waals surface area contributed by atoms with Crippen LogP contribution in [-0.2, 0) is 4.79 Å². The van der Waals surface area contributed by atoms with Gasteiger partial charge in [0.15, 0.2) is 5.96 Å². The number of carbonyl (C=O) groups is 1. The van der Waals surface area contributed by atoms with Gasteiger partial charge in [-0.2, -0.15) is 0 Å². The van der Waals surface area contributed by atoms with Crippen LogP contribution in [0.15, 0.2) is 4.99 Å². The van der Waals surface area contributed by atoms with Crippen LogP contribution >= 0.6 is 0 Å². The van der Waals surface area contributed by atoms with Crippen LogP contribution in [0.1, 0.15) is 64.7 Å². The minimum Gasteiger partial charge on any atom is -0.357 e. The lowest BCUT2D eigenvalue weighted by Gasteiger charge is -2.21. The lowest BCUT2D eigenvalue weighted by atomic mass is 9.98. The van der Waals surface area contributed by atoms with Crippen LogP contribution in [0.25, 0.3) is 0 Å². The molecule has 5 heteroatoms. The second-order valence-electron chi connectivity index (χ2n) is 8.03. The molecule has 1 saturated heterocycles. The van der Waals surface area contributed by atoms with Gasteiger partial charge in [0.1, 0.15) is 0 Å². The van der Waals surface area contributed by atoms with Crippen molar-refractivity contribution in [3.8, 4) is 0 Å². The van der Waals surface area contributed by atoms with E-state index >= 15 is 0 Å². The summed E-state index contributed by atoms with van der Waals surface area (Å²) in [6, 6.07) is 0. The standard InChI is InChI=1S/C20H36N4O/c1-2-21-20(23-15-18(16-8-9-16)17-10-11-17)22-12-6-14-24-13-5-3-4-7-19(24)25/h16-18H,2-15H2,1H3,(H2,21,22,23). The molecule has 0 spiro atoms. The molecule has 3 fully saturated rings. The molecule has 0 atom stereocenters. The summed E-state index contributed by atoms with van der Waals surface area (Å²) >= 11 is 0. The molecule has 0 aromatic carbocycles. The van der Waals surface area contributed by atoms with E-state index in [1.807, 2.05) is 0 Å². The van der Waals surface area contributed by atoms with E-state index in [9.17, 15) is 4.79 Å². The summed E-state index contributed by atoms with van der Waals surface area (Å²) in [6.45, 7) is 6.69. The average Bonchev–Trinajstić information content (AvgIpc) is 3.48. The fraction of sp³-hybridized carbons (Fsp3) is 0.900. The molecular weight excluding hydrogens is 312 g/mol. The summed E-state index contributed by atoms with van der Waals surface area (Å²) in [4.78, 5) is 18.9. The molecule has 5 nitrogen and oxygen atoms in total. The molecule has 2 aliphatic carbocycles. The molecule has 1 heterocycles. The van der Waals surface area contributed by atoms with E-state index in [1.165, 1.54) is 32.1 Å². The van der Waals surface area contributed by atoms with Gasteiger partial charge in [-0.3, -0.25) is 9.79 Å². The smallest absolute Gasteiger partial charge is 0.222 e. The predicted molar refractivity (Wildman–Crippen MR) is 103 cm³/mol. The molecule has 0 radical (unpaired) electrons. The zero-order chi connectivity index (χ0) is 17.5. The number of nitrogens with one attached hydrogen (secondary N) is 2. The molecule has 25 heavy (non-hydrogen) atoms. The van der Waals surface area contributed by atoms with Gasteiger partial charge in [-0.1, -0.05) is 6.42 Å². The molecule has 2 saturated carbocycles. The van der Waals surface area contributed by atoms with Crippen molar-refractivity contribution in [1.29, 1.82) is 0 Å². The summed E-state index contributed by atoms with van der Waals surface area (Å²) in [5.74, 6) is 4.03. The molecule has 3 rings (SSSR count). The fourth-order valence-electron chi connectivity index (χ4n) is 4.02. The maximum absolute atomic E-state index is 12.0. The highest BCUT2D eigenvalue weighted by molar-refractivity contribution is 5.79. The van der Waals surface area contributed by atoms with Crippen molar-refractivity contribution in [1.82, 2.24) is 15.5 Å². The van der Waals surface area contributed by atoms with E-state index < -0.39 is 0 Å². The number of guanidine groups is 1. The van der Waals surface area contributed by atoms with Gasteiger partial charge in [0.05, 0.1) is 0 Å². The third-order valence-corrected chi connectivity index (χ3v) is 5.83. The SMILES string of the molecule is CCNC(=NCC(C1CC1)C1CC1)NCCCN1CCCCCC1=O. The van der Waals surface area contributed by atoms with Gasteiger partial charge in [0.2, 0.25) is 5.91 Å². The number of likely N-dealkylation sites (tertiary alicyclic amines) is 1. The Hall–Kier alpha value is -1.26. The largest absolute Gasteiger partial charge is 0.357 e. The summed E-state index contributed by atoms with van der Waals surface area (Å²) in [7, 11) is 0. The maximum atomic E-state index is 12.0. The van der Waals surface area contributed by atoms with E-state index in [-0.39, 0.29) is 0 Å². The number of carbonyl (C=O) groups excluding carboxylic acids is 1. The fourth-order valence-corrected chi connectivity index (χ4v) is 4.02. The Morgan fingerprint density at radius 1 is 1.16 bits per heavy atom. The van der Waals surface area contributed by atoms with E-state index in [0.29, 0.717) is 5.91 Å². The van der Waals surface area contributed by atoms with Crippen molar-refractivity contribution in [2.24, 2.45) is 22.7 Å². The summed E-state index contributed by atoms with van der Waals surface area (Å²) in [5, 5.41) is 6.84. The Bertz CT molecular complexity index is 445. The molecule has 3 aliphatic rings. The molecule has 0 unspecified atom stereocenters. The van der Waals surface area contributed by atoms with Crippen molar-refractivity contribution in [3.05, 3.63) is 0 Å². The van der Waals surface area contributed by atoms with Crippen LogP contribution in [0.5, 0.6) is 0 Å². The Morgan fingerprint density at radius 2 is 1.92 bits per heavy atom. The number of hydrogen-bond donors (Lipinski definition) is 2. The molecule has 142 valence electrons. The predicted octanol–water partition coefficient (Wildman–Crippen LogP) is 2.77. The molecule has 1 aliphatic heterocycles. The van der Waals surface area contributed by atoms with Crippen LogP contribution in [-0.4, -0.2) is 49.5 Å². The first-order valence-electron chi connectivity index (χ1n) is 10.6. The van der Waals surface area contributed by atoms with Crippen molar-refractivity contribution >= 4 is 11.9 Å². The van der Waals surface area contributed by atoms with Gasteiger partial charge in [0, 0.05) is 39.1 Å². The number of aliphatic imine (C=N–C) groups is 1. The van der Waals surface area contributed by atoms with Gasteiger partial charge >= 0.3 is 0 Å². The molecule has 1 amide bonds. The van der Waals surface area contributed by atoms with Gasteiger partial charge in [0.25, 0.3) is 0 Å². The number of rotatable bonds is 9. The second-order valence-corrected chi connectivity index (χ2v) is 8.03. The number of amides is 1. The lowest BCUT2D eigenvalue weighted by molar-refractivity contribution is -0.130. The van der Waals surface area contributed by atoms with Gasteiger partial charge in [-0.05, 0) is 69.6 Å². The molecule has 0 bridgehead atoms. The minimum absolute atomic E-state index is 0.342. The minimum atomic E-state index is 0.342. The second kappa shape index (κ2) is 9.44. The number of nitrogens with zero attached hydrogens (tertiary/aromatic N) is 2.